The zero-order chi connectivity index (χ0) is 18.0. The molecule has 4 N–H and O–H groups in total. The number of aromatic nitrogens is 1. The molecule has 1 atom stereocenters. The molecule has 2 amide bonds. The molecule has 0 aliphatic carbocycles. The van der Waals surface area contributed by atoms with Gasteiger partial charge in [-0.2, -0.15) is 0 Å². The zero-order valence-electron chi connectivity index (χ0n) is 14.2. The molecule has 25 heavy (non-hydrogen) atoms. The lowest BCUT2D eigenvalue weighted by Crippen LogP contribution is -2.32. The zero-order valence-corrected chi connectivity index (χ0v) is 14.2. The van der Waals surface area contributed by atoms with Crippen molar-refractivity contribution in [3.8, 4) is 0 Å². The monoisotopic (exact) mass is 342 g/mol. The van der Waals surface area contributed by atoms with Crippen LogP contribution >= 0.6 is 0 Å². The average molecular weight is 342 g/mol. The molecule has 3 rings (SSSR count). The summed E-state index contributed by atoms with van der Waals surface area (Å²) in [5.74, 6) is -0.458. The van der Waals surface area contributed by atoms with E-state index in [1.807, 2.05) is 6.92 Å². The van der Waals surface area contributed by atoms with E-state index in [9.17, 15) is 14.4 Å². The highest BCUT2D eigenvalue weighted by Gasteiger charge is 2.28. The number of nitrogens with two attached hydrogens (primary N) is 1. The molecule has 1 aromatic carbocycles. The summed E-state index contributed by atoms with van der Waals surface area (Å²) < 4.78 is 0. The van der Waals surface area contributed by atoms with Gasteiger partial charge in [0.25, 0.3) is 0 Å². The molecular weight excluding hydrogens is 320 g/mol. The van der Waals surface area contributed by atoms with Gasteiger partial charge in [0.05, 0.1) is 5.92 Å². The van der Waals surface area contributed by atoms with Crippen molar-refractivity contribution in [2.45, 2.75) is 19.9 Å². The van der Waals surface area contributed by atoms with E-state index < -0.39 is 5.91 Å². The number of rotatable bonds is 5. The first-order chi connectivity index (χ1) is 12.0. The number of benzene rings is 1. The quantitative estimate of drug-likeness (QED) is 0.739. The predicted molar refractivity (Wildman–Crippen MR) is 95.2 cm³/mol. The Labute approximate surface area is 145 Å². The number of carbonyl (C=O) groups is 2. The normalized spacial score (nSPS) is 17.7. The van der Waals surface area contributed by atoms with Gasteiger partial charge in [-0.05, 0) is 38.1 Å². The molecule has 0 unspecified atom stereocenters. The number of nitrogens with one attached hydrogen (secondary N) is 2. The summed E-state index contributed by atoms with van der Waals surface area (Å²) in [4.78, 5) is 40.9. The van der Waals surface area contributed by atoms with Gasteiger partial charge in [-0.15, -0.1) is 0 Å². The average Bonchev–Trinajstić information content (AvgIpc) is 3.03. The highest BCUT2D eigenvalue weighted by atomic mass is 16.2. The van der Waals surface area contributed by atoms with Gasteiger partial charge >= 0.3 is 0 Å². The first-order valence-corrected chi connectivity index (χ1v) is 8.43. The van der Waals surface area contributed by atoms with Crippen LogP contribution in [0.5, 0.6) is 0 Å². The van der Waals surface area contributed by atoms with Crippen molar-refractivity contribution in [1.29, 1.82) is 0 Å². The third kappa shape index (κ3) is 3.71. The number of hydrogen-bond acceptors (Lipinski definition) is 4. The highest BCUT2D eigenvalue weighted by Crippen LogP contribution is 2.19. The first-order valence-electron chi connectivity index (χ1n) is 8.43. The summed E-state index contributed by atoms with van der Waals surface area (Å²) in [5.41, 5.74) is 6.90. The lowest BCUT2D eigenvalue weighted by Gasteiger charge is -2.16. The molecule has 2 heterocycles. The minimum Gasteiger partial charge on any atom is -0.366 e. The van der Waals surface area contributed by atoms with Gasteiger partial charge in [-0.3, -0.25) is 19.3 Å². The standard InChI is InChI=1S/C18H22N4O3/c1-2-20-18(25)12-5-6-22(9-12)10-13-8-16(23)14-7-11(17(19)24)3-4-15(14)21-13/h3-4,7-8,12H,2,5-6,9-10H2,1H3,(H2,19,24)(H,20,25)(H,21,23)/t12-/m0/s1. The van der Waals surface area contributed by atoms with Crippen molar-refractivity contribution in [3.05, 3.63) is 45.7 Å². The number of amides is 2. The molecule has 0 saturated carbocycles. The topological polar surface area (TPSA) is 108 Å². The second-order valence-electron chi connectivity index (χ2n) is 6.40. The van der Waals surface area contributed by atoms with Crippen LogP contribution in [0, 0.1) is 5.92 Å². The maximum absolute atomic E-state index is 12.4. The fourth-order valence-electron chi connectivity index (χ4n) is 3.29. The Balaban J connectivity index is 1.77. The fourth-order valence-corrected chi connectivity index (χ4v) is 3.29. The molecule has 0 spiro atoms. The number of carbonyl (C=O) groups excluding carboxylic acids is 2. The smallest absolute Gasteiger partial charge is 0.248 e. The van der Waals surface area contributed by atoms with Gasteiger partial charge in [-0.1, -0.05) is 0 Å². The number of fused-ring (bicyclic) bond motifs is 1. The largest absolute Gasteiger partial charge is 0.366 e. The third-order valence-corrected chi connectivity index (χ3v) is 4.56. The molecule has 1 aliphatic heterocycles. The van der Waals surface area contributed by atoms with E-state index in [0.29, 0.717) is 36.1 Å². The van der Waals surface area contributed by atoms with Gasteiger partial charge in [0.2, 0.25) is 11.8 Å². The second-order valence-corrected chi connectivity index (χ2v) is 6.40. The summed E-state index contributed by atoms with van der Waals surface area (Å²) in [6.07, 6.45) is 0.825. The molecule has 7 heteroatoms. The van der Waals surface area contributed by atoms with E-state index in [4.69, 9.17) is 5.73 Å². The van der Waals surface area contributed by atoms with E-state index in [2.05, 4.69) is 15.2 Å². The van der Waals surface area contributed by atoms with E-state index >= 15 is 0 Å². The minimum absolute atomic E-state index is 0.00486. The Morgan fingerprint density at radius 3 is 2.88 bits per heavy atom. The van der Waals surface area contributed by atoms with E-state index in [0.717, 1.165) is 18.7 Å². The van der Waals surface area contributed by atoms with Crippen LogP contribution in [0.15, 0.2) is 29.1 Å². The summed E-state index contributed by atoms with van der Waals surface area (Å²) >= 11 is 0. The van der Waals surface area contributed by atoms with Crippen LogP contribution in [-0.4, -0.2) is 41.3 Å². The number of H-pyrrole nitrogens is 1. The van der Waals surface area contributed by atoms with Crippen LogP contribution in [0.3, 0.4) is 0 Å². The predicted octanol–water partition coefficient (Wildman–Crippen LogP) is 0.585. The van der Waals surface area contributed by atoms with Crippen LogP contribution in [0.2, 0.25) is 0 Å². The lowest BCUT2D eigenvalue weighted by atomic mass is 10.1. The van der Waals surface area contributed by atoms with Gasteiger partial charge < -0.3 is 16.0 Å². The molecule has 0 radical (unpaired) electrons. The number of pyridine rings is 1. The lowest BCUT2D eigenvalue weighted by molar-refractivity contribution is -0.124. The SMILES string of the molecule is CCNC(=O)[C@H]1CCN(Cc2cc(=O)c3cc(C(N)=O)ccc3[nH]2)C1. The van der Waals surface area contributed by atoms with Crippen molar-refractivity contribution in [3.63, 3.8) is 0 Å². The highest BCUT2D eigenvalue weighted by molar-refractivity contribution is 5.96. The van der Waals surface area contributed by atoms with E-state index in [-0.39, 0.29) is 17.3 Å². The second kappa shape index (κ2) is 7.06. The summed E-state index contributed by atoms with van der Waals surface area (Å²) in [7, 11) is 0. The Morgan fingerprint density at radius 2 is 2.16 bits per heavy atom. The van der Waals surface area contributed by atoms with Crippen molar-refractivity contribution in [2.75, 3.05) is 19.6 Å². The molecule has 1 aliphatic rings. The van der Waals surface area contributed by atoms with Crippen LogP contribution < -0.4 is 16.5 Å². The van der Waals surface area contributed by atoms with Crippen LogP contribution in [0.25, 0.3) is 10.9 Å². The van der Waals surface area contributed by atoms with Crippen molar-refractivity contribution >= 4 is 22.7 Å². The third-order valence-electron chi connectivity index (χ3n) is 4.56. The molecule has 2 aromatic rings. The molecule has 1 fully saturated rings. The first kappa shape index (κ1) is 17.2. The summed E-state index contributed by atoms with van der Waals surface area (Å²) in [6, 6.07) is 6.36. The number of likely N-dealkylation sites (tertiary alicyclic amines) is 1. The van der Waals surface area contributed by atoms with Gasteiger partial charge in [0.1, 0.15) is 0 Å². The molecule has 132 valence electrons. The van der Waals surface area contributed by atoms with Crippen molar-refractivity contribution in [2.24, 2.45) is 11.7 Å². The van der Waals surface area contributed by atoms with Crippen LogP contribution in [0.4, 0.5) is 0 Å². The molecule has 0 bridgehead atoms. The molecule has 1 aromatic heterocycles. The molecule has 7 nitrogen and oxygen atoms in total. The molecule has 1 saturated heterocycles. The Morgan fingerprint density at radius 1 is 1.36 bits per heavy atom. The number of primary amides is 1. The molecular formula is C18H22N4O3. The number of aromatic amines is 1. The van der Waals surface area contributed by atoms with Crippen LogP contribution in [-0.2, 0) is 11.3 Å². The van der Waals surface area contributed by atoms with Crippen LogP contribution in [0.1, 0.15) is 29.4 Å². The summed E-state index contributed by atoms with van der Waals surface area (Å²) in [5, 5.41) is 3.30. The maximum Gasteiger partial charge on any atom is 0.248 e. The maximum atomic E-state index is 12.4. The number of hydrogen-bond donors (Lipinski definition) is 3. The van der Waals surface area contributed by atoms with E-state index in [1.54, 1.807) is 18.2 Å². The van der Waals surface area contributed by atoms with Crippen molar-refractivity contribution in [1.82, 2.24) is 15.2 Å². The van der Waals surface area contributed by atoms with Gasteiger partial charge in [0, 0.05) is 47.9 Å². The Kier molecular flexibility index (Phi) is 4.85. The Hall–Kier alpha value is -2.67. The number of nitrogens with zero attached hydrogens (tertiary/aromatic N) is 1. The van der Waals surface area contributed by atoms with Gasteiger partial charge in [-0.25, -0.2) is 0 Å². The van der Waals surface area contributed by atoms with E-state index in [1.165, 1.54) is 6.07 Å². The Bertz CT molecular complexity index is 874. The summed E-state index contributed by atoms with van der Waals surface area (Å²) in [6.45, 7) is 4.64. The minimum atomic E-state index is -0.557. The fraction of sp³-hybridized carbons (Fsp3) is 0.389. The van der Waals surface area contributed by atoms with Crippen molar-refractivity contribution < 1.29 is 9.59 Å². The van der Waals surface area contributed by atoms with Gasteiger partial charge in [0.15, 0.2) is 5.43 Å².